The van der Waals surface area contributed by atoms with Gasteiger partial charge in [0, 0.05) is 18.0 Å². The summed E-state index contributed by atoms with van der Waals surface area (Å²) in [5.41, 5.74) is 8.13. The number of nitrogens with two attached hydrogens (primary N) is 1. The van der Waals surface area contributed by atoms with Gasteiger partial charge in [0.1, 0.15) is 0 Å². The van der Waals surface area contributed by atoms with Gasteiger partial charge in [0.2, 0.25) is 10.0 Å². The zero-order valence-corrected chi connectivity index (χ0v) is 15.0. The van der Waals surface area contributed by atoms with Gasteiger partial charge in [-0.3, -0.25) is 0 Å². The molecule has 1 aromatic carbocycles. The second-order valence-electron chi connectivity index (χ2n) is 4.77. The maximum atomic E-state index is 12.5. The molecule has 2 aromatic rings. The van der Waals surface area contributed by atoms with Crippen LogP contribution in [0.1, 0.15) is 21.6 Å². The molecule has 0 radical (unpaired) electrons. The van der Waals surface area contributed by atoms with Crippen LogP contribution in [-0.4, -0.2) is 8.42 Å². The number of nitrogens with one attached hydrogen (secondary N) is 1. The van der Waals surface area contributed by atoms with Crippen LogP contribution in [0.5, 0.6) is 0 Å². The van der Waals surface area contributed by atoms with E-state index in [-0.39, 0.29) is 6.54 Å². The highest BCUT2D eigenvalue weighted by atomic mass is 79.9. The van der Waals surface area contributed by atoms with Crippen molar-refractivity contribution < 1.29 is 8.42 Å². The van der Waals surface area contributed by atoms with Crippen molar-refractivity contribution in [1.82, 2.24) is 4.72 Å². The smallest absolute Gasteiger partial charge is 0.241 e. The van der Waals surface area contributed by atoms with Crippen molar-refractivity contribution in [2.75, 3.05) is 0 Å². The number of aryl methyl sites for hydroxylation is 1. The van der Waals surface area contributed by atoms with Gasteiger partial charge in [0.25, 0.3) is 0 Å². The van der Waals surface area contributed by atoms with Gasteiger partial charge < -0.3 is 5.73 Å². The lowest BCUT2D eigenvalue weighted by Gasteiger charge is -2.12. The molecule has 3 N–H and O–H groups in total. The molecule has 2 rings (SSSR count). The molecular formula is C14H17BrN2O2S2. The molecule has 4 nitrogen and oxygen atoms in total. The zero-order chi connectivity index (χ0) is 15.6. The fourth-order valence-corrected chi connectivity index (χ4v) is 4.87. The molecule has 114 valence electrons. The van der Waals surface area contributed by atoms with Gasteiger partial charge in [-0.25, -0.2) is 13.1 Å². The summed E-state index contributed by atoms with van der Waals surface area (Å²) in [6, 6.07) is 7.37. The summed E-state index contributed by atoms with van der Waals surface area (Å²) in [5.74, 6) is 0. The van der Waals surface area contributed by atoms with Crippen LogP contribution in [0.3, 0.4) is 0 Å². The number of hydrogen-bond donors (Lipinski definition) is 2. The first kappa shape index (κ1) is 16.6. The lowest BCUT2D eigenvalue weighted by atomic mass is 10.1. The summed E-state index contributed by atoms with van der Waals surface area (Å²) < 4.78 is 28.6. The maximum absolute atomic E-state index is 12.5. The van der Waals surface area contributed by atoms with E-state index in [1.807, 2.05) is 32.0 Å². The number of benzene rings is 1. The Morgan fingerprint density at radius 3 is 2.57 bits per heavy atom. The number of hydrogen-bond acceptors (Lipinski definition) is 4. The van der Waals surface area contributed by atoms with Gasteiger partial charge in [-0.15, -0.1) is 11.3 Å². The first-order valence-corrected chi connectivity index (χ1v) is 9.47. The van der Waals surface area contributed by atoms with Crippen LogP contribution < -0.4 is 10.5 Å². The molecule has 0 bridgehead atoms. The highest BCUT2D eigenvalue weighted by Crippen LogP contribution is 2.24. The van der Waals surface area contributed by atoms with Gasteiger partial charge in [0.15, 0.2) is 0 Å². The van der Waals surface area contributed by atoms with Crippen LogP contribution in [0.2, 0.25) is 0 Å². The summed E-state index contributed by atoms with van der Waals surface area (Å²) in [6.07, 6.45) is 0. The second kappa shape index (κ2) is 6.58. The van der Waals surface area contributed by atoms with Crippen molar-refractivity contribution in [3.8, 4) is 0 Å². The van der Waals surface area contributed by atoms with Crippen LogP contribution >= 0.6 is 27.3 Å². The van der Waals surface area contributed by atoms with Crippen molar-refractivity contribution in [3.05, 3.63) is 49.6 Å². The monoisotopic (exact) mass is 388 g/mol. The fourth-order valence-electron chi connectivity index (χ4n) is 1.99. The summed E-state index contributed by atoms with van der Waals surface area (Å²) >= 11 is 4.87. The molecule has 0 aliphatic carbocycles. The normalized spacial score (nSPS) is 11.8. The Balaban J connectivity index is 2.29. The molecule has 0 unspecified atom stereocenters. The van der Waals surface area contributed by atoms with E-state index >= 15 is 0 Å². The van der Waals surface area contributed by atoms with E-state index in [9.17, 15) is 8.42 Å². The third-order valence-corrected chi connectivity index (χ3v) is 6.42. The van der Waals surface area contributed by atoms with Gasteiger partial charge in [-0.05, 0) is 64.7 Å². The number of sulfonamides is 1. The molecule has 0 spiro atoms. The molecule has 0 aliphatic rings. The molecular weight excluding hydrogens is 372 g/mol. The van der Waals surface area contributed by atoms with Crippen molar-refractivity contribution in [3.63, 3.8) is 0 Å². The summed E-state index contributed by atoms with van der Waals surface area (Å²) in [4.78, 5) is 1.26. The standard InChI is InChI=1S/C14H17BrN2O2S2/c1-9-5-11(7-16)6-13(10(9)2)21(18,19)17-8-12-3-4-14(15)20-12/h3-6,17H,7-8,16H2,1-2H3. The van der Waals surface area contributed by atoms with Crippen molar-refractivity contribution in [1.29, 1.82) is 0 Å². The molecule has 0 aliphatic heterocycles. The van der Waals surface area contributed by atoms with Crippen molar-refractivity contribution >= 4 is 37.3 Å². The van der Waals surface area contributed by atoms with Crippen LogP contribution in [0.25, 0.3) is 0 Å². The molecule has 0 amide bonds. The summed E-state index contributed by atoms with van der Waals surface area (Å²) in [6.45, 7) is 4.31. The molecule has 0 atom stereocenters. The molecule has 21 heavy (non-hydrogen) atoms. The van der Waals surface area contributed by atoms with Crippen LogP contribution in [0, 0.1) is 13.8 Å². The SMILES string of the molecule is Cc1cc(CN)cc(S(=O)(=O)NCc2ccc(Br)s2)c1C. The average Bonchev–Trinajstić information content (AvgIpc) is 2.85. The van der Waals surface area contributed by atoms with Crippen LogP contribution in [0.15, 0.2) is 32.9 Å². The van der Waals surface area contributed by atoms with Crippen molar-refractivity contribution in [2.45, 2.75) is 31.8 Å². The Hall–Kier alpha value is -0.730. The first-order chi connectivity index (χ1) is 9.83. The Morgan fingerprint density at radius 1 is 1.29 bits per heavy atom. The van der Waals surface area contributed by atoms with E-state index in [0.29, 0.717) is 11.4 Å². The van der Waals surface area contributed by atoms with Gasteiger partial charge in [0.05, 0.1) is 8.68 Å². The Bertz CT molecular complexity index is 754. The number of rotatable bonds is 5. The fraction of sp³-hybridized carbons (Fsp3) is 0.286. The van der Waals surface area contributed by atoms with E-state index in [4.69, 9.17) is 5.73 Å². The van der Waals surface area contributed by atoms with Gasteiger partial charge in [-0.1, -0.05) is 6.07 Å². The lowest BCUT2D eigenvalue weighted by molar-refractivity contribution is 0.581. The van der Waals surface area contributed by atoms with Crippen LogP contribution in [0.4, 0.5) is 0 Å². The third kappa shape index (κ3) is 3.92. The predicted octanol–water partition coefficient (Wildman–Crippen LogP) is 3.06. The molecule has 1 heterocycles. The number of halogens is 1. The van der Waals surface area contributed by atoms with Crippen molar-refractivity contribution in [2.24, 2.45) is 5.73 Å². The van der Waals surface area contributed by atoms with Gasteiger partial charge in [-0.2, -0.15) is 0 Å². The molecule has 0 saturated carbocycles. The number of thiophene rings is 1. The zero-order valence-electron chi connectivity index (χ0n) is 11.8. The molecule has 1 aromatic heterocycles. The lowest BCUT2D eigenvalue weighted by Crippen LogP contribution is -2.24. The van der Waals surface area contributed by atoms with Crippen LogP contribution in [-0.2, 0) is 23.1 Å². The molecule has 0 fully saturated rings. The predicted molar refractivity (Wildman–Crippen MR) is 89.9 cm³/mol. The Labute approximate surface area is 137 Å². The van der Waals surface area contributed by atoms with E-state index in [1.54, 1.807) is 6.07 Å². The maximum Gasteiger partial charge on any atom is 0.241 e. The molecule has 7 heteroatoms. The van der Waals surface area contributed by atoms with E-state index in [2.05, 4.69) is 20.7 Å². The minimum atomic E-state index is -3.55. The van der Waals surface area contributed by atoms with E-state index < -0.39 is 10.0 Å². The highest BCUT2D eigenvalue weighted by molar-refractivity contribution is 9.11. The topological polar surface area (TPSA) is 72.2 Å². The summed E-state index contributed by atoms with van der Waals surface area (Å²) in [5, 5.41) is 0. The highest BCUT2D eigenvalue weighted by Gasteiger charge is 2.18. The minimum absolute atomic E-state index is 0.282. The minimum Gasteiger partial charge on any atom is -0.326 e. The summed E-state index contributed by atoms with van der Waals surface area (Å²) in [7, 11) is -3.55. The first-order valence-electron chi connectivity index (χ1n) is 6.37. The third-order valence-electron chi connectivity index (χ3n) is 3.27. The quantitative estimate of drug-likeness (QED) is 0.826. The Morgan fingerprint density at radius 2 is 2.00 bits per heavy atom. The van der Waals surface area contributed by atoms with E-state index in [0.717, 1.165) is 25.4 Å². The average molecular weight is 389 g/mol. The van der Waals surface area contributed by atoms with Gasteiger partial charge >= 0.3 is 0 Å². The second-order valence-corrected chi connectivity index (χ2v) is 9.05. The molecule has 0 saturated heterocycles. The largest absolute Gasteiger partial charge is 0.326 e. The Kier molecular flexibility index (Phi) is 5.21. The van der Waals surface area contributed by atoms with E-state index in [1.165, 1.54) is 11.3 Å².